The van der Waals surface area contributed by atoms with E-state index in [-0.39, 0.29) is 48.8 Å². The first-order valence-corrected chi connectivity index (χ1v) is 16.9. The number of aromatic amines is 1. The van der Waals surface area contributed by atoms with Gasteiger partial charge in [0.2, 0.25) is 11.9 Å². The van der Waals surface area contributed by atoms with Crippen LogP contribution in [0.4, 0.5) is 5.95 Å². The Labute approximate surface area is 300 Å². The summed E-state index contributed by atoms with van der Waals surface area (Å²) in [4.78, 5) is 36.8. The summed E-state index contributed by atoms with van der Waals surface area (Å²) >= 11 is 0. The van der Waals surface area contributed by atoms with Gasteiger partial charge in [0.15, 0.2) is 17.4 Å². The Morgan fingerprint density at radius 3 is 2.13 bits per heavy atom. The average molecular weight is 714 g/mol. The van der Waals surface area contributed by atoms with Crippen LogP contribution in [0.15, 0.2) is 90.0 Å². The summed E-state index contributed by atoms with van der Waals surface area (Å²) in [7, 11) is 4.77. The van der Waals surface area contributed by atoms with Crippen molar-refractivity contribution >= 4 is 23.0 Å². The van der Waals surface area contributed by atoms with E-state index in [0.717, 1.165) is 16.7 Å². The molecule has 5 aromatic rings. The minimum Gasteiger partial charge on any atom is -0.497 e. The molecule has 3 aromatic carbocycles. The number of ether oxygens (including phenoxy) is 6. The van der Waals surface area contributed by atoms with Gasteiger partial charge in [-0.05, 0) is 41.0 Å². The number of aromatic nitrogens is 4. The molecule has 0 aliphatic carbocycles. The summed E-state index contributed by atoms with van der Waals surface area (Å²) < 4.78 is 37.4. The van der Waals surface area contributed by atoms with Crippen LogP contribution in [-0.4, -0.2) is 90.0 Å². The molecule has 3 N–H and O–H groups in total. The lowest BCUT2D eigenvalue weighted by Crippen LogP contribution is -2.40. The van der Waals surface area contributed by atoms with Crippen LogP contribution < -0.4 is 20.3 Å². The van der Waals surface area contributed by atoms with Gasteiger partial charge in [0.05, 0.1) is 40.4 Å². The third-order valence-corrected chi connectivity index (χ3v) is 9.02. The van der Waals surface area contributed by atoms with E-state index in [1.54, 1.807) is 35.2 Å². The van der Waals surface area contributed by atoms with Gasteiger partial charge in [-0.15, -0.1) is 0 Å². The average Bonchev–Trinajstić information content (AvgIpc) is 3.73. The number of H-pyrrole nitrogens is 1. The summed E-state index contributed by atoms with van der Waals surface area (Å²) in [5.41, 5.74) is 0.887. The lowest BCUT2D eigenvalue weighted by molar-refractivity contribution is -0.118. The number of methoxy groups -OCH3 is 3. The predicted octanol–water partition coefficient (Wildman–Crippen LogP) is 4.03. The molecule has 6 rings (SSSR count). The molecule has 2 aromatic heterocycles. The topological polar surface area (TPSA) is 168 Å². The maximum Gasteiger partial charge on any atom is 0.280 e. The van der Waals surface area contributed by atoms with Crippen molar-refractivity contribution in [3.8, 4) is 11.5 Å². The fraction of sp³-hybridized carbons (Fsp3) is 0.368. The van der Waals surface area contributed by atoms with Crippen molar-refractivity contribution in [2.75, 3.05) is 46.5 Å². The molecule has 274 valence electrons. The fourth-order valence-electron chi connectivity index (χ4n) is 6.24. The van der Waals surface area contributed by atoms with Gasteiger partial charge in [-0.25, -0.2) is 4.98 Å². The van der Waals surface area contributed by atoms with Crippen LogP contribution in [0.1, 0.15) is 36.8 Å². The number of carbonyl (C=O) groups is 1. The number of nitrogens with zero attached hydrogens (tertiary/aromatic N) is 3. The second-order valence-electron chi connectivity index (χ2n) is 12.6. The number of rotatable bonds is 15. The first kappa shape index (κ1) is 36.7. The maximum absolute atomic E-state index is 13.0. The summed E-state index contributed by atoms with van der Waals surface area (Å²) in [5.74, 6) is 0.647. The van der Waals surface area contributed by atoms with E-state index in [4.69, 9.17) is 28.4 Å². The normalized spacial score (nSPS) is 18.9. The quantitative estimate of drug-likeness (QED) is 0.106. The molecule has 0 spiro atoms. The van der Waals surface area contributed by atoms with Gasteiger partial charge < -0.3 is 33.5 Å². The molecule has 1 fully saturated rings. The third-order valence-electron chi connectivity index (χ3n) is 9.02. The molecular formula is C38H43N5O9. The Balaban J connectivity index is 1.40. The maximum atomic E-state index is 13.0. The first-order valence-electron chi connectivity index (χ1n) is 16.9. The van der Waals surface area contributed by atoms with E-state index in [1.807, 2.05) is 78.9 Å². The molecule has 4 unspecified atom stereocenters. The molecule has 0 saturated carbocycles. The minimum absolute atomic E-state index is 0.0260. The van der Waals surface area contributed by atoms with Crippen molar-refractivity contribution in [1.82, 2.24) is 19.5 Å². The molecule has 3 heterocycles. The zero-order valence-corrected chi connectivity index (χ0v) is 29.6. The number of anilines is 1. The summed E-state index contributed by atoms with van der Waals surface area (Å²) in [6, 6.07) is 25.0. The second-order valence-corrected chi connectivity index (χ2v) is 12.6. The molecule has 0 bridgehead atoms. The number of aliphatic hydroxyl groups excluding tert-OH is 1. The third kappa shape index (κ3) is 7.29. The number of aliphatic hydroxyl groups is 1. The zero-order chi connectivity index (χ0) is 36.8. The van der Waals surface area contributed by atoms with E-state index in [2.05, 4.69) is 20.3 Å². The number of benzene rings is 3. The smallest absolute Gasteiger partial charge is 0.280 e. The van der Waals surface area contributed by atoms with Crippen LogP contribution in [0.5, 0.6) is 11.5 Å². The number of imidazole rings is 1. The molecule has 1 amide bonds. The molecule has 14 heteroatoms. The van der Waals surface area contributed by atoms with Crippen LogP contribution in [-0.2, 0) is 29.3 Å². The van der Waals surface area contributed by atoms with E-state index < -0.39 is 35.7 Å². The number of amides is 1. The Kier molecular flexibility index (Phi) is 11.3. The second kappa shape index (κ2) is 16.0. The number of hydrogen-bond acceptors (Lipinski definition) is 11. The number of hydrogen-bond donors (Lipinski definition) is 3. The Hall–Kier alpha value is -5.12. The van der Waals surface area contributed by atoms with Gasteiger partial charge in [0.25, 0.3) is 5.56 Å². The Morgan fingerprint density at radius 2 is 1.56 bits per heavy atom. The molecule has 1 aliphatic rings. The van der Waals surface area contributed by atoms with Crippen molar-refractivity contribution < 1.29 is 38.3 Å². The zero-order valence-electron chi connectivity index (χ0n) is 29.6. The van der Waals surface area contributed by atoms with Crippen molar-refractivity contribution in [1.29, 1.82) is 0 Å². The highest BCUT2D eigenvalue weighted by atomic mass is 16.6. The van der Waals surface area contributed by atoms with Gasteiger partial charge in [-0.3, -0.25) is 24.5 Å². The lowest BCUT2D eigenvalue weighted by atomic mass is 9.80. The lowest BCUT2D eigenvalue weighted by Gasteiger charge is -2.37. The van der Waals surface area contributed by atoms with E-state index in [9.17, 15) is 14.7 Å². The van der Waals surface area contributed by atoms with Gasteiger partial charge in [0, 0.05) is 13.0 Å². The first-order chi connectivity index (χ1) is 25.2. The highest BCUT2D eigenvalue weighted by molar-refractivity contribution is 5.91. The van der Waals surface area contributed by atoms with Crippen molar-refractivity contribution in [3.05, 3.63) is 112 Å². The van der Waals surface area contributed by atoms with E-state index >= 15 is 0 Å². The molecule has 14 nitrogen and oxygen atoms in total. The highest BCUT2D eigenvalue weighted by Crippen LogP contribution is 2.43. The SMILES string of the molecule is COCCOC1C(O)C(COC(c2ccccc2)(c2ccc(OC)cc2)c2ccc(OC)cc2)OC1n1cnc2c(=O)[nH]c(NC(=O)C(C)C)nc21. The largest absolute Gasteiger partial charge is 0.497 e. The molecule has 1 aliphatic heterocycles. The minimum atomic E-state index is -1.19. The molecular weight excluding hydrogens is 670 g/mol. The van der Waals surface area contributed by atoms with Crippen molar-refractivity contribution in [3.63, 3.8) is 0 Å². The summed E-state index contributed by atoms with van der Waals surface area (Å²) in [5, 5.41) is 14.5. The molecule has 0 radical (unpaired) electrons. The van der Waals surface area contributed by atoms with Crippen LogP contribution in [0.25, 0.3) is 11.2 Å². The van der Waals surface area contributed by atoms with Crippen LogP contribution in [0.2, 0.25) is 0 Å². The molecule has 4 atom stereocenters. The molecule has 52 heavy (non-hydrogen) atoms. The van der Waals surface area contributed by atoms with Gasteiger partial charge in [-0.2, -0.15) is 4.98 Å². The van der Waals surface area contributed by atoms with E-state index in [1.165, 1.54) is 10.9 Å². The van der Waals surface area contributed by atoms with Crippen LogP contribution >= 0.6 is 0 Å². The van der Waals surface area contributed by atoms with Crippen molar-refractivity contribution in [2.24, 2.45) is 5.92 Å². The highest BCUT2D eigenvalue weighted by Gasteiger charge is 2.48. The fourth-order valence-corrected chi connectivity index (χ4v) is 6.24. The summed E-state index contributed by atoms with van der Waals surface area (Å²) in [6.07, 6.45) is -2.64. The number of carbonyl (C=O) groups excluding carboxylic acids is 1. The summed E-state index contributed by atoms with van der Waals surface area (Å²) in [6.45, 7) is 3.77. The monoisotopic (exact) mass is 713 g/mol. The van der Waals surface area contributed by atoms with E-state index in [0.29, 0.717) is 11.5 Å². The number of nitrogens with one attached hydrogen (secondary N) is 2. The van der Waals surface area contributed by atoms with Gasteiger partial charge in [-0.1, -0.05) is 68.4 Å². The predicted molar refractivity (Wildman–Crippen MR) is 191 cm³/mol. The number of fused-ring (bicyclic) bond motifs is 1. The Morgan fingerprint density at radius 1 is 0.942 bits per heavy atom. The van der Waals surface area contributed by atoms with Gasteiger partial charge >= 0.3 is 0 Å². The molecule has 1 saturated heterocycles. The van der Waals surface area contributed by atoms with Crippen molar-refractivity contribution in [2.45, 2.75) is 44.0 Å². The van der Waals surface area contributed by atoms with Gasteiger partial charge in [0.1, 0.15) is 35.4 Å². The van der Waals surface area contributed by atoms with Crippen LogP contribution in [0, 0.1) is 5.92 Å². The Bertz CT molecular complexity index is 1950. The standard InChI is InChI=1S/C38H43N5O9/c1-23(2)34(45)41-37-40-33-30(35(46)42-37)39-22-43(33)36-32(50-20-19-47-3)31(44)29(52-36)21-51-38(24-9-7-6-8-10-24,25-11-15-27(48-4)16-12-25)26-13-17-28(49-5)18-14-26/h6-18,22-23,29,31-32,36,44H,19-21H2,1-5H3,(H2,40,41,42,45,46). The van der Waals surface area contributed by atoms with Crippen LogP contribution in [0.3, 0.4) is 0 Å².